The number of rotatable bonds is 10. The van der Waals surface area contributed by atoms with E-state index < -0.39 is 5.97 Å². The molecule has 0 aliphatic rings. The highest BCUT2D eigenvalue weighted by Crippen LogP contribution is 2.31. The van der Waals surface area contributed by atoms with E-state index in [9.17, 15) is 14.7 Å². The lowest BCUT2D eigenvalue weighted by Crippen LogP contribution is -2.29. The van der Waals surface area contributed by atoms with Crippen molar-refractivity contribution in [3.05, 3.63) is 46.7 Å². The summed E-state index contributed by atoms with van der Waals surface area (Å²) >= 11 is 6.34. The normalized spacial score (nSPS) is 10.6. The number of ether oxygens (including phenoxy) is 1. The highest BCUT2D eigenvalue weighted by Gasteiger charge is 2.15. The molecule has 0 fully saturated rings. The van der Waals surface area contributed by atoms with Crippen molar-refractivity contribution in [2.45, 2.75) is 40.2 Å². The standard InChI is InChI=1S/C22H26ClN7O4/c1-4-6-9-24-21(33)26-14-7-8-17(15(23)11-14)34-22-25-13(3)10-18(28-22)27-19-12-16(20(31)32)29-30(19)5-2/h7-8,10-12H,4-6,9H2,1-3H3,(H,31,32)(H2,24,26,33)(H,25,27,28). The van der Waals surface area contributed by atoms with Crippen LogP contribution in [0.25, 0.3) is 0 Å². The molecule has 1 aromatic carbocycles. The first-order chi connectivity index (χ1) is 16.3. The molecule has 3 aromatic rings. The number of carbonyl (C=O) groups is 2. The number of hydrogen-bond donors (Lipinski definition) is 4. The molecule has 11 nitrogen and oxygen atoms in total. The van der Waals surface area contributed by atoms with E-state index in [4.69, 9.17) is 16.3 Å². The number of anilines is 3. The quantitative estimate of drug-likeness (QED) is 0.298. The van der Waals surface area contributed by atoms with Crippen LogP contribution >= 0.6 is 11.6 Å². The fraction of sp³-hybridized carbons (Fsp3) is 0.318. The zero-order chi connectivity index (χ0) is 24.7. The highest BCUT2D eigenvalue weighted by molar-refractivity contribution is 6.32. The summed E-state index contributed by atoms with van der Waals surface area (Å²) in [5, 5.41) is 22.0. The zero-order valence-corrected chi connectivity index (χ0v) is 19.8. The molecule has 0 radical (unpaired) electrons. The minimum absolute atomic E-state index is 0.0449. The van der Waals surface area contributed by atoms with Crippen molar-refractivity contribution in [2.24, 2.45) is 0 Å². The Morgan fingerprint density at radius 3 is 2.65 bits per heavy atom. The molecule has 0 spiro atoms. The summed E-state index contributed by atoms with van der Waals surface area (Å²) in [6, 6.07) is 7.67. The largest absolute Gasteiger partial charge is 0.476 e. The van der Waals surface area contributed by atoms with Crippen molar-refractivity contribution < 1.29 is 19.4 Å². The van der Waals surface area contributed by atoms with Gasteiger partial charge in [0.2, 0.25) is 0 Å². The average Bonchev–Trinajstić information content (AvgIpc) is 3.18. The minimum Gasteiger partial charge on any atom is -0.476 e. The molecule has 0 unspecified atom stereocenters. The van der Waals surface area contributed by atoms with Gasteiger partial charge < -0.3 is 25.8 Å². The predicted octanol–water partition coefficient (Wildman–Crippen LogP) is 4.81. The van der Waals surface area contributed by atoms with Gasteiger partial charge in [-0.2, -0.15) is 10.1 Å². The number of carboxylic acids is 1. The Labute approximate surface area is 201 Å². The first kappa shape index (κ1) is 24.8. The summed E-state index contributed by atoms with van der Waals surface area (Å²) < 4.78 is 7.29. The number of amides is 2. The number of hydrogen-bond acceptors (Lipinski definition) is 7. The SMILES string of the molecule is CCCCNC(=O)Nc1ccc(Oc2nc(C)cc(Nc3cc(C(=O)O)nn3CC)n2)c(Cl)c1. The van der Waals surface area contributed by atoms with E-state index in [0.29, 0.717) is 41.9 Å². The van der Waals surface area contributed by atoms with Crippen molar-refractivity contribution in [2.75, 3.05) is 17.2 Å². The van der Waals surface area contributed by atoms with Crippen LogP contribution in [-0.4, -0.2) is 43.4 Å². The van der Waals surface area contributed by atoms with Crippen molar-refractivity contribution >= 4 is 40.9 Å². The number of benzene rings is 1. The second-order valence-corrected chi connectivity index (χ2v) is 7.73. The monoisotopic (exact) mass is 487 g/mol. The summed E-state index contributed by atoms with van der Waals surface area (Å²) in [6.45, 7) is 6.72. The van der Waals surface area contributed by atoms with Crippen LogP contribution in [-0.2, 0) is 6.54 Å². The smallest absolute Gasteiger partial charge is 0.356 e. The van der Waals surface area contributed by atoms with E-state index in [2.05, 4.69) is 31.0 Å². The second kappa shape index (κ2) is 11.3. The van der Waals surface area contributed by atoms with Crippen LogP contribution in [0, 0.1) is 6.92 Å². The van der Waals surface area contributed by atoms with Gasteiger partial charge in [0.05, 0.1) is 5.02 Å². The van der Waals surface area contributed by atoms with Crippen LogP contribution in [0.4, 0.5) is 22.1 Å². The molecule has 0 aliphatic heterocycles. The van der Waals surface area contributed by atoms with Crippen LogP contribution in [0.5, 0.6) is 11.8 Å². The highest BCUT2D eigenvalue weighted by atomic mass is 35.5. The van der Waals surface area contributed by atoms with Crippen molar-refractivity contribution in [3.63, 3.8) is 0 Å². The Kier molecular flexibility index (Phi) is 8.25. The molecule has 2 heterocycles. The van der Waals surface area contributed by atoms with Gasteiger partial charge in [0, 0.05) is 36.6 Å². The third-order valence-electron chi connectivity index (χ3n) is 4.60. The van der Waals surface area contributed by atoms with Gasteiger partial charge in [0.15, 0.2) is 5.69 Å². The Morgan fingerprint density at radius 2 is 1.97 bits per heavy atom. The summed E-state index contributed by atoms with van der Waals surface area (Å²) in [4.78, 5) is 31.8. The molecule has 4 N–H and O–H groups in total. The molecule has 34 heavy (non-hydrogen) atoms. The lowest BCUT2D eigenvalue weighted by atomic mass is 10.3. The van der Waals surface area contributed by atoms with Crippen molar-refractivity contribution in [3.8, 4) is 11.8 Å². The summed E-state index contributed by atoms with van der Waals surface area (Å²) in [5.41, 5.74) is 1.05. The van der Waals surface area contributed by atoms with Gasteiger partial charge in [0.25, 0.3) is 0 Å². The topological polar surface area (TPSA) is 143 Å². The average molecular weight is 488 g/mol. The maximum Gasteiger partial charge on any atom is 0.356 e. The Morgan fingerprint density at radius 1 is 1.18 bits per heavy atom. The molecule has 2 aromatic heterocycles. The van der Waals surface area contributed by atoms with Crippen LogP contribution in [0.15, 0.2) is 30.3 Å². The van der Waals surface area contributed by atoms with Gasteiger partial charge >= 0.3 is 18.0 Å². The van der Waals surface area contributed by atoms with E-state index in [1.807, 2.05) is 13.8 Å². The lowest BCUT2D eigenvalue weighted by Gasteiger charge is -2.12. The molecule has 0 saturated carbocycles. The molecular formula is C22H26ClN7O4. The van der Waals surface area contributed by atoms with E-state index in [1.165, 1.54) is 10.7 Å². The molecule has 3 rings (SSSR count). The summed E-state index contributed by atoms with van der Waals surface area (Å²) in [7, 11) is 0. The Hall–Kier alpha value is -3.86. The number of carboxylic acid groups (broad SMARTS) is 1. The Balaban J connectivity index is 1.73. The second-order valence-electron chi connectivity index (χ2n) is 7.32. The number of aryl methyl sites for hydroxylation is 2. The molecule has 2 amide bonds. The fourth-order valence-corrected chi connectivity index (χ4v) is 3.18. The molecule has 0 saturated heterocycles. The molecular weight excluding hydrogens is 462 g/mol. The predicted molar refractivity (Wildman–Crippen MR) is 128 cm³/mol. The number of nitrogens with one attached hydrogen (secondary N) is 3. The van der Waals surface area contributed by atoms with Crippen molar-refractivity contribution in [1.29, 1.82) is 0 Å². The first-order valence-corrected chi connectivity index (χ1v) is 11.1. The molecule has 0 aliphatic carbocycles. The van der Waals surface area contributed by atoms with Crippen LogP contribution in [0.1, 0.15) is 42.9 Å². The maximum absolute atomic E-state index is 11.9. The number of halogens is 1. The van der Waals surface area contributed by atoms with Crippen LogP contribution in [0.3, 0.4) is 0 Å². The van der Waals surface area contributed by atoms with Crippen LogP contribution in [0.2, 0.25) is 5.02 Å². The summed E-state index contributed by atoms with van der Waals surface area (Å²) in [6.07, 6.45) is 1.89. The number of aromatic nitrogens is 4. The number of aromatic carboxylic acids is 1. The van der Waals surface area contributed by atoms with E-state index in [-0.39, 0.29) is 22.8 Å². The van der Waals surface area contributed by atoms with E-state index in [0.717, 1.165) is 12.8 Å². The van der Waals surface area contributed by atoms with E-state index >= 15 is 0 Å². The lowest BCUT2D eigenvalue weighted by molar-refractivity contribution is 0.0689. The van der Waals surface area contributed by atoms with Crippen molar-refractivity contribution in [1.82, 2.24) is 25.1 Å². The minimum atomic E-state index is -1.12. The Bertz CT molecular complexity index is 1180. The van der Waals surface area contributed by atoms with Gasteiger partial charge in [-0.25, -0.2) is 19.3 Å². The van der Waals surface area contributed by atoms with E-state index in [1.54, 1.807) is 31.2 Å². The van der Waals surface area contributed by atoms with Gasteiger partial charge in [-0.15, -0.1) is 0 Å². The van der Waals surface area contributed by atoms with Gasteiger partial charge in [-0.3, -0.25) is 0 Å². The maximum atomic E-state index is 11.9. The number of urea groups is 1. The fourth-order valence-electron chi connectivity index (χ4n) is 2.96. The molecule has 12 heteroatoms. The van der Waals surface area contributed by atoms with Gasteiger partial charge in [0.1, 0.15) is 17.4 Å². The number of nitrogens with zero attached hydrogens (tertiary/aromatic N) is 4. The third kappa shape index (κ3) is 6.58. The summed E-state index contributed by atoms with van der Waals surface area (Å²) in [5.74, 6) is 0.0490. The molecule has 180 valence electrons. The molecule has 0 bridgehead atoms. The number of unbranched alkanes of at least 4 members (excludes halogenated alkanes) is 1. The van der Waals surface area contributed by atoms with Gasteiger partial charge in [-0.05, 0) is 38.5 Å². The third-order valence-corrected chi connectivity index (χ3v) is 4.89. The molecule has 0 atom stereocenters. The first-order valence-electron chi connectivity index (χ1n) is 10.7. The van der Waals surface area contributed by atoms with Gasteiger partial charge in [-0.1, -0.05) is 24.9 Å². The number of carbonyl (C=O) groups excluding carboxylic acids is 1. The van der Waals surface area contributed by atoms with Crippen LogP contribution < -0.4 is 20.7 Å². The zero-order valence-electron chi connectivity index (χ0n) is 19.1.